The highest BCUT2D eigenvalue weighted by Crippen LogP contribution is 2.38. The summed E-state index contributed by atoms with van der Waals surface area (Å²) < 4.78 is 6.23. The molecule has 2 fully saturated rings. The highest BCUT2D eigenvalue weighted by atomic mass is 16.5. The van der Waals surface area contributed by atoms with Crippen LogP contribution in [0.3, 0.4) is 0 Å². The van der Waals surface area contributed by atoms with Crippen LogP contribution in [0, 0.1) is 0 Å². The summed E-state index contributed by atoms with van der Waals surface area (Å²) in [6.07, 6.45) is 9.51. The molecule has 6 nitrogen and oxygen atoms in total. The lowest BCUT2D eigenvalue weighted by molar-refractivity contribution is -0.0503. The minimum absolute atomic E-state index is 0.0415. The monoisotopic (exact) mass is 351 g/mol. The number of hydrogen-bond donors (Lipinski definition) is 1. The van der Waals surface area contributed by atoms with E-state index in [9.17, 15) is 0 Å². The number of rotatable bonds is 2. The molecule has 1 N–H and O–H groups in total. The average molecular weight is 351 g/mol. The second kappa shape index (κ2) is 6.59. The molecule has 26 heavy (non-hydrogen) atoms. The van der Waals surface area contributed by atoms with Gasteiger partial charge in [0.1, 0.15) is 5.82 Å². The number of nitrogens with zero attached hydrogens (tertiary/aromatic N) is 4. The molecule has 4 heterocycles. The Hall–Kier alpha value is -2.05. The van der Waals surface area contributed by atoms with Crippen molar-refractivity contribution in [3.05, 3.63) is 35.8 Å². The Bertz CT molecular complexity index is 788. The maximum absolute atomic E-state index is 6.23. The standard InChI is InChI=1S/C20H25N5O/c1-2-7-20(6-1)14-25(11-12-26-20)19-16-5-10-22-13-17(16)23-18(24-19)15-3-8-21-9-4-15/h3-4,8-9,22H,1-2,5-7,10-14H2. The molecule has 0 atom stereocenters. The summed E-state index contributed by atoms with van der Waals surface area (Å²) in [4.78, 5) is 16.5. The number of fused-ring (bicyclic) bond motifs is 1. The molecule has 0 unspecified atom stereocenters. The minimum Gasteiger partial charge on any atom is -0.371 e. The van der Waals surface area contributed by atoms with Crippen molar-refractivity contribution >= 4 is 5.82 Å². The summed E-state index contributed by atoms with van der Waals surface area (Å²) in [5.41, 5.74) is 3.52. The molecule has 3 aliphatic rings. The van der Waals surface area contributed by atoms with Crippen LogP contribution in [-0.2, 0) is 17.7 Å². The van der Waals surface area contributed by atoms with Crippen LogP contribution < -0.4 is 10.2 Å². The summed E-state index contributed by atoms with van der Waals surface area (Å²) in [5.74, 6) is 1.93. The van der Waals surface area contributed by atoms with Crippen LogP contribution in [0.25, 0.3) is 11.4 Å². The molecule has 1 saturated carbocycles. The van der Waals surface area contributed by atoms with Gasteiger partial charge in [-0.15, -0.1) is 0 Å². The van der Waals surface area contributed by atoms with Gasteiger partial charge in [-0.25, -0.2) is 9.97 Å². The molecule has 0 radical (unpaired) electrons. The summed E-state index contributed by atoms with van der Waals surface area (Å²) in [5, 5.41) is 3.45. The van der Waals surface area contributed by atoms with Crippen LogP contribution in [-0.4, -0.2) is 46.8 Å². The Kier molecular flexibility index (Phi) is 4.10. The highest BCUT2D eigenvalue weighted by molar-refractivity contribution is 5.61. The second-order valence-electron chi connectivity index (χ2n) is 7.62. The molecular formula is C20H25N5O. The molecule has 2 aromatic heterocycles. The van der Waals surface area contributed by atoms with Crippen LogP contribution in [0.4, 0.5) is 5.82 Å². The summed E-state index contributed by atoms with van der Waals surface area (Å²) in [6, 6.07) is 3.97. The topological polar surface area (TPSA) is 63.2 Å². The number of pyridine rings is 1. The molecule has 136 valence electrons. The third-order valence-corrected chi connectivity index (χ3v) is 5.92. The maximum atomic E-state index is 6.23. The second-order valence-corrected chi connectivity index (χ2v) is 7.62. The van der Waals surface area contributed by atoms with Gasteiger partial charge in [-0.2, -0.15) is 0 Å². The zero-order valence-electron chi connectivity index (χ0n) is 15.1. The van der Waals surface area contributed by atoms with Gasteiger partial charge in [0.25, 0.3) is 0 Å². The van der Waals surface area contributed by atoms with E-state index < -0.39 is 0 Å². The zero-order valence-corrected chi connectivity index (χ0v) is 15.1. The van der Waals surface area contributed by atoms with E-state index in [1.165, 1.54) is 31.2 Å². The largest absolute Gasteiger partial charge is 0.371 e. The van der Waals surface area contributed by atoms with Gasteiger partial charge in [-0.1, -0.05) is 12.8 Å². The lowest BCUT2D eigenvalue weighted by Crippen LogP contribution is -2.51. The minimum atomic E-state index is 0.0415. The lowest BCUT2D eigenvalue weighted by atomic mass is 9.98. The fraction of sp³-hybridized carbons (Fsp3) is 0.550. The van der Waals surface area contributed by atoms with E-state index in [2.05, 4.69) is 15.2 Å². The van der Waals surface area contributed by atoms with E-state index in [1.54, 1.807) is 12.4 Å². The first-order chi connectivity index (χ1) is 12.8. The first-order valence-electron chi connectivity index (χ1n) is 9.73. The Morgan fingerprint density at radius 1 is 1.12 bits per heavy atom. The van der Waals surface area contributed by atoms with Gasteiger partial charge >= 0.3 is 0 Å². The van der Waals surface area contributed by atoms with E-state index in [0.29, 0.717) is 0 Å². The molecule has 0 bridgehead atoms. The number of nitrogens with one attached hydrogen (secondary N) is 1. The van der Waals surface area contributed by atoms with Crippen LogP contribution in [0.2, 0.25) is 0 Å². The Morgan fingerprint density at radius 2 is 1.96 bits per heavy atom. The zero-order chi connectivity index (χ0) is 17.4. The third-order valence-electron chi connectivity index (χ3n) is 5.92. The average Bonchev–Trinajstić information content (AvgIpc) is 3.15. The molecule has 6 heteroatoms. The van der Waals surface area contributed by atoms with Crippen LogP contribution in [0.15, 0.2) is 24.5 Å². The molecule has 5 rings (SSSR count). The molecule has 2 aromatic rings. The normalized spacial score (nSPS) is 21.8. The fourth-order valence-electron chi connectivity index (χ4n) is 4.58. The van der Waals surface area contributed by atoms with E-state index in [-0.39, 0.29) is 5.60 Å². The van der Waals surface area contributed by atoms with Gasteiger partial charge in [-0.3, -0.25) is 4.98 Å². The SMILES string of the molecule is c1cc(-c2nc3c(c(N4CCOC5(CCCC5)C4)n2)CCNC3)ccn1. The number of morpholine rings is 1. The van der Waals surface area contributed by atoms with Crippen LogP contribution in [0.1, 0.15) is 36.9 Å². The van der Waals surface area contributed by atoms with E-state index in [4.69, 9.17) is 14.7 Å². The molecule has 1 aliphatic carbocycles. The van der Waals surface area contributed by atoms with Gasteiger partial charge in [0.05, 0.1) is 17.9 Å². The lowest BCUT2D eigenvalue weighted by Gasteiger charge is -2.42. The number of hydrogen-bond acceptors (Lipinski definition) is 6. The number of ether oxygens (including phenoxy) is 1. The Balaban J connectivity index is 1.56. The van der Waals surface area contributed by atoms with Crippen molar-refractivity contribution in [3.63, 3.8) is 0 Å². The number of anilines is 1. The number of aromatic nitrogens is 3. The summed E-state index contributed by atoms with van der Waals surface area (Å²) in [6.45, 7) is 4.47. The smallest absolute Gasteiger partial charge is 0.161 e. The third kappa shape index (κ3) is 2.87. The Morgan fingerprint density at radius 3 is 2.81 bits per heavy atom. The van der Waals surface area contributed by atoms with E-state index in [0.717, 1.165) is 62.1 Å². The first kappa shape index (κ1) is 16.1. The Labute approximate surface area is 154 Å². The first-order valence-corrected chi connectivity index (χ1v) is 9.73. The highest BCUT2D eigenvalue weighted by Gasteiger charge is 2.40. The van der Waals surface area contributed by atoms with Gasteiger partial charge in [0.2, 0.25) is 0 Å². The van der Waals surface area contributed by atoms with Crippen LogP contribution in [0.5, 0.6) is 0 Å². The van der Waals surface area contributed by atoms with Crippen molar-refractivity contribution in [3.8, 4) is 11.4 Å². The van der Waals surface area contributed by atoms with Gasteiger partial charge in [0.15, 0.2) is 5.82 Å². The van der Waals surface area contributed by atoms with Crippen molar-refractivity contribution in [1.82, 2.24) is 20.3 Å². The molecule has 2 aliphatic heterocycles. The van der Waals surface area contributed by atoms with Crippen molar-refractivity contribution < 1.29 is 4.74 Å². The van der Waals surface area contributed by atoms with Crippen molar-refractivity contribution in [2.75, 3.05) is 31.1 Å². The fourth-order valence-corrected chi connectivity index (χ4v) is 4.58. The molecule has 0 aromatic carbocycles. The molecular weight excluding hydrogens is 326 g/mol. The molecule has 0 amide bonds. The summed E-state index contributed by atoms with van der Waals surface area (Å²) >= 11 is 0. The van der Waals surface area contributed by atoms with Crippen molar-refractivity contribution in [2.45, 2.75) is 44.2 Å². The maximum Gasteiger partial charge on any atom is 0.161 e. The predicted octanol–water partition coefficient (Wildman–Crippen LogP) is 2.33. The van der Waals surface area contributed by atoms with E-state index >= 15 is 0 Å². The molecule has 1 spiro atoms. The van der Waals surface area contributed by atoms with E-state index in [1.807, 2.05) is 12.1 Å². The summed E-state index contributed by atoms with van der Waals surface area (Å²) in [7, 11) is 0. The van der Waals surface area contributed by atoms with Gasteiger partial charge in [0, 0.05) is 43.2 Å². The van der Waals surface area contributed by atoms with Crippen molar-refractivity contribution in [2.24, 2.45) is 0 Å². The predicted molar refractivity (Wildman–Crippen MR) is 100 cm³/mol. The van der Waals surface area contributed by atoms with Crippen molar-refractivity contribution in [1.29, 1.82) is 0 Å². The van der Waals surface area contributed by atoms with Gasteiger partial charge < -0.3 is 15.0 Å². The van der Waals surface area contributed by atoms with Crippen LogP contribution >= 0.6 is 0 Å². The molecule has 1 saturated heterocycles. The van der Waals surface area contributed by atoms with Gasteiger partial charge in [-0.05, 0) is 37.9 Å². The quantitative estimate of drug-likeness (QED) is 0.896.